The van der Waals surface area contributed by atoms with Gasteiger partial charge in [-0.25, -0.2) is 0 Å². The van der Waals surface area contributed by atoms with E-state index in [1.165, 1.54) is 12.8 Å². The summed E-state index contributed by atoms with van der Waals surface area (Å²) in [4.78, 5) is 0. The lowest BCUT2D eigenvalue weighted by Crippen LogP contribution is -1.83. The second-order valence-electron chi connectivity index (χ2n) is 2.25. The standard InChI is InChI=1S/C7H8/c1-2-4-7-5-6(7)3-1/h1,3,5,7H,2,4H2/t7-/m1/s1. The molecule has 0 aromatic rings. The highest BCUT2D eigenvalue weighted by Gasteiger charge is 2.22. The maximum absolute atomic E-state index is 2.34. The fourth-order valence-electron chi connectivity index (χ4n) is 1.11. The number of hydrogen-bond acceptors (Lipinski definition) is 0. The summed E-state index contributed by atoms with van der Waals surface area (Å²) in [6.07, 6.45) is 9.52. The highest BCUT2D eigenvalue weighted by molar-refractivity contribution is 5.41. The number of hydrogen-bond donors (Lipinski definition) is 0. The summed E-state index contributed by atoms with van der Waals surface area (Å²) >= 11 is 0. The Morgan fingerprint density at radius 2 is 2.57 bits per heavy atom. The molecular formula is C7H8. The molecule has 0 N–H and O–H groups in total. The van der Waals surface area contributed by atoms with Crippen LogP contribution in [-0.4, -0.2) is 0 Å². The van der Waals surface area contributed by atoms with Crippen LogP contribution in [0.3, 0.4) is 0 Å². The molecule has 0 spiro atoms. The van der Waals surface area contributed by atoms with Gasteiger partial charge in [0.15, 0.2) is 0 Å². The van der Waals surface area contributed by atoms with E-state index in [4.69, 9.17) is 0 Å². The van der Waals surface area contributed by atoms with Gasteiger partial charge in [0.1, 0.15) is 0 Å². The van der Waals surface area contributed by atoms with E-state index in [0.29, 0.717) is 0 Å². The predicted octanol–water partition coefficient (Wildman–Crippen LogP) is 1.89. The molecule has 0 aromatic heterocycles. The molecule has 2 aliphatic rings. The van der Waals surface area contributed by atoms with E-state index in [1.807, 2.05) is 0 Å². The molecule has 0 aliphatic heterocycles. The van der Waals surface area contributed by atoms with Crippen molar-refractivity contribution in [3.63, 3.8) is 0 Å². The Balaban J connectivity index is 2.23. The molecule has 0 saturated heterocycles. The summed E-state index contributed by atoms with van der Waals surface area (Å²) < 4.78 is 0. The van der Waals surface area contributed by atoms with Crippen molar-refractivity contribution in [3.8, 4) is 0 Å². The van der Waals surface area contributed by atoms with Crippen molar-refractivity contribution < 1.29 is 0 Å². The molecule has 0 radical (unpaired) electrons. The van der Waals surface area contributed by atoms with Crippen molar-refractivity contribution in [3.05, 3.63) is 23.8 Å². The van der Waals surface area contributed by atoms with Crippen molar-refractivity contribution in [1.82, 2.24) is 0 Å². The van der Waals surface area contributed by atoms with Crippen molar-refractivity contribution in [2.45, 2.75) is 12.8 Å². The molecule has 36 valence electrons. The lowest BCUT2D eigenvalue weighted by atomic mass is 10.1. The summed E-state index contributed by atoms with van der Waals surface area (Å²) in [7, 11) is 0. The molecular weight excluding hydrogens is 84.1 g/mol. The lowest BCUT2D eigenvalue weighted by molar-refractivity contribution is 0.763. The van der Waals surface area contributed by atoms with Gasteiger partial charge >= 0.3 is 0 Å². The first-order valence-electron chi connectivity index (χ1n) is 2.85. The molecule has 0 heteroatoms. The fourth-order valence-corrected chi connectivity index (χ4v) is 1.11. The van der Waals surface area contributed by atoms with E-state index in [9.17, 15) is 0 Å². The van der Waals surface area contributed by atoms with Crippen molar-refractivity contribution in [2.24, 2.45) is 5.92 Å². The third-order valence-electron chi connectivity index (χ3n) is 1.67. The number of allylic oxidation sites excluding steroid dienone is 4. The van der Waals surface area contributed by atoms with Gasteiger partial charge in [-0.3, -0.25) is 0 Å². The third kappa shape index (κ3) is 0.426. The summed E-state index contributed by atoms with van der Waals surface area (Å²) in [5, 5.41) is 0. The van der Waals surface area contributed by atoms with Crippen LogP contribution in [0.1, 0.15) is 12.8 Å². The summed E-state index contributed by atoms with van der Waals surface area (Å²) in [5.74, 6) is 0.907. The maximum Gasteiger partial charge on any atom is 0.00239 e. The monoisotopic (exact) mass is 92.1 g/mol. The van der Waals surface area contributed by atoms with E-state index in [0.717, 1.165) is 5.92 Å². The van der Waals surface area contributed by atoms with E-state index in [1.54, 1.807) is 5.57 Å². The van der Waals surface area contributed by atoms with Crippen LogP contribution in [-0.2, 0) is 0 Å². The average Bonchev–Trinajstić information content (AvgIpc) is 2.41. The van der Waals surface area contributed by atoms with Crippen LogP contribution in [0.15, 0.2) is 23.8 Å². The Bertz CT molecular complexity index is 140. The van der Waals surface area contributed by atoms with Crippen molar-refractivity contribution in [2.75, 3.05) is 0 Å². The van der Waals surface area contributed by atoms with Crippen LogP contribution in [0.25, 0.3) is 0 Å². The van der Waals surface area contributed by atoms with Gasteiger partial charge in [0.2, 0.25) is 0 Å². The van der Waals surface area contributed by atoms with Crippen LogP contribution >= 0.6 is 0 Å². The Hall–Kier alpha value is -0.520. The van der Waals surface area contributed by atoms with Gasteiger partial charge in [0, 0.05) is 5.92 Å². The summed E-state index contributed by atoms with van der Waals surface area (Å²) in [6, 6.07) is 0. The van der Waals surface area contributed by atoms with Gasteiger partial charge in [0.05, 0.1) is 0 Å². The molecule has 2 aliphatic carbocycles. The van der Waals surface area contributed by atoms with Gasteiger partial charge in [-0.05, 0) is 18.4 Å². The van der Waals surface area contributed by atoms with Gasteiger partial charge in [-0.15, -0.1) is 0 Å². The predicted molar refractivity (Wildman–Crippen MR) is 29.9 cm³/mol. The van der Waals surface area contributed by atoms with E-state index >= 15 is 0 Å². The Morgan fingerprint density at radius 3 is 3.14 bits per heavy atom. The molecule has 0 heterocycles. The zero-order valence-corrected chi connectivity index (χ0v) is 4.22. The third-order valence-corrected chi connectivity index (χ3v) is 1.67. The Morgan fingerprint density at radius 1 is 1.57 bits per heavy atom. The summed E-state index contributed by atoms with van der Waals surface area (Å²) in [5.41, 5.74) is 1.58. The molecule has 0 aromatic carbocycles. The van der Waals surface area contributed by atoms with Gasteiger partial charge in [0.25, 0.3) is 0 Å². The molecule has 0 nitrogen and oxygen atoms in total. The molecule has 2 rings (SSSR count). The van der Waals surface area contributed by atoms with Crippen LogP contribution in [0.4, 0.5) is 0 Å². The first-order chi connectivity index (χ1) is 3.47. The first kappa shape index (κ1) is 3.48. The van der Waals surface area contributed by atoms with Gasteiger partial charge in [-0.2, -0.15) is 0 Å². The molecule has 7 heavy (non-hydrogen) atoms. The van der Waals surface area contributed by atoms with Crippen molar-refractivity contribution >= 4 is 0 Å². The summed E-state index contributed by atoms with van der Waals surface area (Å²) in [6.45, 7) is 0. The Kier molecular flexibility index (Phi) is 0.498. The molecule has 0 fully saturated rings. The second kappa shape index (κ2) is 1.00. The zero-order valence-electron chi connectivity index (χ0n) is 4.22. The minimum Gasteiger partial charge on any atom is -0.0842 e. The maximum atomic E-state index is 2.34. The highest BCUT2D eigenvalue weighted by Crippen LogP contribution is 2.37. The number of fused-ring (bicyclic) bond motifs is 1. The topological polar surface area (TPSA) is 0 Å². The quantitative estimate of drug-likeness (QED) is 0.428. The zero-order chi connectivity index (χ0) is 4.69. The fraction of sp³-hybridized carbons (Fsp3) is 0.429. The number of rotatable bonds is 0. The van der Waals surface area contributed by atoms with Crippen LogP contribution < -0.4 is 0 Å². The minimum atomic E-state index is 0.907. The van der Waals surface area contributed by atoms with Crippen LogP contribution in [0.2, 0.25) is 0 Å². The second-order valence-corrected chi connectivity index (χ2v) is 2.25. The van der Waals surface area contributed by atoms with Crippen LogP contribution in [0.5, 0.6) is 0 Å². The molecule has 1 atom stereocenters. The first-order valence-corrected chi connectivity index (χ1v) is 2.85. The Labute approximate surface area is 43.5 Å². The van der Waals surface area contributed by atoms with E-state index < -0.39 is 0 Å². The van der Waals surface area contributed by atoms with Gasteiger partial charge in [-0.1, -0.05) is 18.2 Å². The smallest absolute Gasteiger partial charge is 0.00239 e. The normalized spacial score (nSPS) is 34.3. The average molecular weight is 92.1 g/mol. The highest BCUT2D eigenvalue weighted by atomic mass is 14.3. The molecule has 0 saturated carbocycles. The largest absolute Gasteiger partial charge is 0.0842 e. The van der Waals surface area contributed by atoms with Gasteiger partial charge < -0.3 is 0 Å². The SMILES string of the molecule is C1=CC2=C[C@H]2CC1. The molecule has 0 bridgehead atoms. The molecule has 0 unspecified atom stereocenters. The minimum absolute atomic E-state index is 0.907. The lowest BCUT2D eigenvalue weighted by Gasteiger charge is -1.97. The molecule has 0 amide bonds. The van der Waals surface area contributed by atoms with Crippen LogP contribution in [0, 0.1) is 5.92 Å². The van der Waals surface area contributed by atoms with E-state index in [2.05, 4.69) is 18.2 Å². The van der Waals surface area contributed by atoms with E-state index in [-0.39, 0.29) is 0 Å². The van der Waals surface area contributed by atoms with Crippen molar-refractivity contribution in [1.29, 1.82) is 0 Å².